The molecule has 0 fully saturated rings. The van der Waals surface area contributed by atoms with Crippen LogP contribution in [0.5, 0.6) is 5.75 Å². The fourth-order valence-electron chi connectivity index (χ4n) is 2.62. The highest BCUT2D eigenvalue weighted by molar-refractivity contribution is 7.80. The van der Waals surface area contributed by atoms with Crippen LogP contribution >= 0.6 is 12.2 Å². The van der Waals surface area contributed by atoms with Crippen molar-refractivity contribution >= 4 is 33.9 Å². The first kappa shape index (κ1) is 17.8. The van der Waals surface area contributed by atoms with E-state index in [1.54, 1.807) is 24.3 Å². The van der Waals surface area contributed by atoms with E-state index in [2.05, 4.69) is 5.32 Å². The first-order chi connectivity index (χ1) is 12.7. The minimum absolute atomic E-state index is 0.125. The normalized spacial score (nSPS) is 10.3. The molecule has 0 heterocycles. The summed E-state index contributed by atoms with van der Waals surface area (Å²) in [5, 5.41) is 13.6. The second kappa shape index (κ2) is 8.42. The van der Waals surface area contributed by atoms with Gasteiger partial charge in [0.25, 0.3) is 5.91 Å². The SMILES string of the molecule is O=C(NCCOc1ccc(C(=S)NO)cc1)c1cccc2ccccc12. The van der Waals surface area contributed by atoms with Crippen LogP contribution in [-0.2, 0) is 0 Å². The average molecular weight is 366 g/mol. The van der Waals surface area contributed by atoms with Gasteiger partial charge in [0.05, 0.1) is 6.54 Å². The summed E-state index contributed by atoms with van der Waals surface area (Å²) in [5.74, 6) is 0.536. The van der Waals surface area contributed by atoms with Crippen molar-refractivity contribution in [2.45, 2.75) is 0 Å². The van der Waals surface area contributed by atoms with E-state index in [4.69, 9.17) is 22.2 Å². The van der Waals surface area contributed by atoms with Crippen LogP contribution in [0.15, 0.2) is 66.7 Å². The second-order valence-corrected chi connectivity index (χ2v) is 6.00. The number of benzene rings is 3. The molecule has 3 aromatic carbocycles. The van der Waals surface area contributed by atoms with Crippen molar-refractivity contribution in [1.29, 1.82) is 0 Å². The topological polar surface area (TPSA) is 70.6 Å². The maximum Gasteiger partial charge on any atom is 0.252 e. The summed E-state index contributed by atoms with van der Waals surface area (Å²) in [6, 6.07) is 20.5. The standard InChI is InChI=1S/C20H18N2O3S/c23-19(18-7-3-5-14-4-1-2-6-17(14)18)21-12-13-25-16-10-8-15(9-11-16)20(26)22-24/h1-11,24H,12-13H2,(H,21,23)(H,22,26). The Balaban J connectivity index is 1.53. The molecule has 0 saturated heterocycles. The number of hydrogen-bond acceptors (Lipinski definition) is 4. The molecular formula is C20H18N2O3S. The quantitative estimate of drug-likeness (QED) is 0.355. The van der Waals surface area contributed by atoms with E-state index < -0.39 is 0 Å². The van der Waals surface area contributed by atoms with Crippen molar-refractivity contribution in [2.24, 2.45) is 0 Å². The van der Waals surface area contributed by atoms with Gasteiger partial charge in [0.2, 0.25) is 0 Å². The molecule has 0 spiro atoms. The number of hydrogen-bond donors (Lipinski definition) is 3. The highest BCUT2D eigenvalue weighted by Gasteiger charge is 2.09. The number of hydroxylamine groups is 1. The third kappa shape index (κ3) is 4.17. The number of fused-ring (bicyclic) bond motifs is 1. The predicted octanol–water partition coefficient (Wildman–Crippen LogP) is 3.30. The maximum absolute atomic E-state index is 12.4. The van der Waals surface area contributed by atoms with Gasteiger partial charge in [0, 0.05) is 11.1 Å². The van der Waals surface area contributed by atoms with E-state index >= 15 is 0 Å². The Hall–Kier alpha value is -2.96. The summed E-state index contributed by atoms with van der Waals surface area (Å²) >= 11 is 4.93. The molecule has 6 heteroatoms. The van der Waals surface area contributed by atoms with Gasteiger partial charge in [0.1, 0.15) is 17.3 Å². The van der Waals surface area contributed by atoms with Crippen molar-refractivity contribution in [3.8, 4) is 5.75 Å². The minimum Gasteiger partial charge on any atom is -0.492 e. The van der Waals surface area contributed by atoms with E-state index in [9.17, 15) is 4.79 Å². The van der Waals surface area contributed by atoms with E-state index in [-0.39, 0.29) is 10.9 Å². The fraction of sp³-hybridized carbons (Fsp3) is 0.100. The molecule has 0 radical (unpaired) electrons. The number of carbonyl (C=O) groups is 1. The van der Waals surface area contributed by atoms with Crippen LogP contribution in [0, 0.1) is 0 Å². The third-order valence-corrected chi connectivity index (χ3v) is 4.24. The summed E-state index contributed by atoms with van der Waals surface area (Å²) in [4.78, 5) is 12.7. The van der Waals surface area contributed by atoms with Gasteiger partial charge in [-0.2, -0.15) is 0 Å². The van der Waals surface area contributed by atoms with E-state index in [1.807, 2.05) is 47.9 Å². The smallest absolute Gasteiger partial charge is 0.252 e. The Morgan fingerprint density at radius 3 is 2.50 bits per heavy atom. The lowest BCUT2D eigenvalue weighted by Gasteiger charge is -2.10. The number of carbonyl (C=O) groups excluding carboxylic acids is 1. The monoisotopic (exact) mass is 366 g/mol. The first-order valence-electron chi connectivity index (χ1n) is 8.12. The molecule has 0 bridgehead atoms. The Kier molecular flexibility index (Phi) is 5.78. The predicted molar refractivity (Wildman–Crippen MR) is 105 cm³/mol. The zero-order chi connectivity index (χ0) is 18.4. The van der Waals surface area contributed by atoms with Gasteiger partial charge in [-0.05, 0) is 41.1 Å². The highest BCUT2D eigenvalue weighted by atomic mass is 32.1. The molecule has 26 heavy (non-hydrogen) atoms. The third-order valence-electron chi connectivity index (χ3n) is 3.91. The Morgan fingerprint density at radius 2 is 1.73 bits per heavy atom. The van der Waals surface area contributed by atoms with Crippen LogP contribution in [-0.4, -0.2) is 29.3 Å². The Bertz CT molecular complexity index is 920. The van der Waals surface area contributed by atoms with Gasteiger partial charge in [-0.3, -0.25) is 15.5 Å². The van der Waals surface area contributed by atoms with Gasteiger partial charge in [-0.15, -0.1) is 0 Å². The summed E-state index contributed by atoms with van der Waals surface area (Å²) in [6.07, 6.45) is 0. The molecule has 1 amide bonds. The number of thiocarbonyl (C=S) groups is 1. The molecule has 0 atom stereocenters. The summed E-state index contributed by atoms with van der Waals surface area (Å²) in [6.45, 7) is 0.735. The maximum atomic E-state index is 12.4. The lowest BCUT2D eigenvalue weighted by molar-refractivity contribution is 0.0948. The lowest BCUT2D eigenvalue weighted by atomic mass is 10.0. The van der Waals surface area contributed by atoms with Crippen LogP contribution in [0.3, 0.4) is 0 Å². The summed E-state index contributed by atoms with van der Waals surface area (Å²) in [5.41, 5.74) is 3.28. The molecule has 3 rings (SSSR count). The van der Waals surface area contributed by atoms with Gasteiger partial charge < -0.3 is 10.1 Å². The molecule has 0 aliphatic rings. The fourth-order valence-corrected chi connectivity index (χ4v) is 2.76. The summed E-state index contributed by atoms with van der Waals surface area (Å²) < 4.78 is 5.61. The number of ether oxygens (including phenoxy) is 1. The van der Waals surface area contributed by atoms with E-state index in [0.29, 0.717) is 30.0 Å². The van der Waals surface area contributed by atoms with Gasteiger partial charge in [0.15, 0.2) is 0 Å². The van der Waals surface area contributed by atoms with Crippen molar-refractivity contribution in [3.05, 3.63) is 77.9 Å². The molecule has 3 N–H and O–H groups in total. The largest absolute Gasteiger partial charge is 0.492 e. The summed E-state index contributed by atoms with van der Waals surface area (Å²) in [7, 11) is 0. The molecule has 5 nitrogen and oxygen atoms in total. The van der Waals surface area contributed by atoms with E-state index in [0.717, 1.165) is 10.8 Å². The van der Waals surface area contributed by atoms with Crippen molar-refractivity contribution in [3.63, 3.8) is 0 Å². The van der Waals surface area contributed by atoms with Crippen molar-refractivity contribution < 1.29 is 14.7 Å². The number of amides is 1. The highest BCUT2D eigenvalue weighted by Crippen LogP contribution is 2.18. The molecule has 132 valence electrons. The molecule has 0 aromatic heterocycles. The van der Waals surface area contributed by atoms with Gasteiger partial charge >= 0.3 is 0 Å². The van der Waals surface area contributed by atoms with Crippen LogP contribution in [0.1, 0.15) is 15.9 Å². The van der Waals surface area contributed by atoms with Crippen LogP contribution in [0.4, 0.5) is 0 Å². The molecule has 0 aliphatic carbocycles. The minimum atomic E-state index is -0.125. The Morgan fingerprint density at radius 1 is 1.00 bits per heavy atom. The van der Waals surface area contributed by atoms with Crippen LogP contribution in [0.25, 0.3) is 10.8 Å². The molecule has 3 aromatic rings. The average Bonchev–Trinajstić information content (AvgIpc) is 2.70. The zero-order valence-corrected chi connectivity index (χ0v) is 14.8. The van der Waals surface area contributed by atoms with Crippen molar-refractivity contribution in [1.82, 2.24) is 10.8 Å². The zero-order valence-electron chi connectivity index (χ0n) is 13.9. The Labute approximate surface area is 156 Å². The molecular weight excluding hydrogens is 348 g/mol. The lowest BCUT2D eigenvalue weighted by Crippen LogP contribution is -2.28. The van der Waals surface area contributed by atoms with E-state index in [1.165, 1.54) is 0 Å². The van der Waals surface area contributed by atoms with Gasteiger partial charge in [-0.25, -0.2) is 0 Å². The molecule has 0 unspecified atom stereocenters. The second-order valence-electron chi connectivity index (χ2n) is 5.60. The van der Waals surface area contributed by atoms with Crippen LogP contribution in [0.2, 0.25) is 0 Å². The first-order valence-corrected chi connectivity index (χ1v) is 8.53. The van der Waals surface area contributed by atoms with Gasteiger partial charge in [-0.1, -0.05) is 48.6 Å². The number of rotatable bonds is 6. The van der Waals surface area contributed by atoms with Crippen molar-refractivity contribution in [2.75, 3.05) is 13.2 Å². The number of nitrogens with one attached hydrogen (secondary N) is 2. The molecule has 0 aliphatic heterocycles. The van der Waals surface area contributed by atoms with Crippen LogP contribution < -0.4 is 15.5 Å². The molecule has 0 saturated carbocycles.